The van der Waals surface area contributed by atoms with Crippen LogP contribution in [0.3, 0.4) is 0 Å². The van der Waals surface area contributed by atoms with Crippen LogP contribution in [0.2, 0.25) is 0 Å². The van der Waals surface area contributed by atoms with Gasteiger partial charge in [0.2, 0.25) is 5.91 Å². The van der Waals surface area contributed by atoms with Crippen molar-refractivity contribution in [3.8, 4) is 0 Å². The molecule has 0 aromatic rings. The summed E-state index contributed by atoms with van der Waals surface area (Å²) in [7, 11) is 0. The zero-order valence-corrected chi connectivity index (χ0v) is 10.3. The van der Waals surface area contributed by atoms with Crippen molar-refractivity contribution < 1.29 is 9.90 Å². The summed E-state index contributed by atoms with van der Waals surface area (Å²) in [5.74, 6) is 2.70. The summed E-state index contributed by atoms with van der Waals surface area (Å²) in [5, 5.41) is 11.8. The molecule has 2 saturated heterocycles. The van der Waals surface area contributed by atoms with Gasteiger partial charge in [0.25, 0.3) is 0 Å². The molecule has 15 heavy (non-hydrogen) atoms. The predicted molar refractivity (Wildman–Crippen MR) is 65.1 cm³/mol. The Morgan fingerprint density at radius 2 is 2.13 bits per heavy atom. The van der Waals surface area contributed by atoms with E-state index in [-0.39, 0.29) is 18.4 Å². The summed E-state index contributed by atoms with van der Waals surface area (Å²) in [6.45, 7) is 0.125. The van der Waals surface area contributed by atoms with Crippen molar-refractivity contribution in [1.29, 1.82) is 0 Å². The molecule has 2 heterocycles. The number of hydrogen-bond acceptors (Lipinski definition) is 4. The van der Waals surface area contributed by atoms with Gasteiger partial charge in [-0.15, -0.1) is 23.5 Å². The SMILES string of the molecule is O=C1N[C@H](CC2SCCCS2)[C@H]1CCO. The van der Waals surface area contributed by atoms with E-state index >= 15 is 0 Å². The molecule has 0 aromatic carbocycles. The van der Waals surface area contributed by atoms with Crippen LogP contribution in [-0.4, -0.2) is 39.8 Å². The first-order valence-electron chi connectivity index (χ1n) is 5.45. The lowest BCUT2D eigenvalue weighted by molar-refractivity contribution is -0.135. The van der Waals surface area contributed by atoms with Gasteiger partial charge in [-0.05, 0) is 30.8 Å². The average molecular weight is 247 g/mol. The number of nitrogens with one attached hydrogen (secondary N) is 1. The van der Waals surface area contributed by atoms with Crippen LogP contribution in [0.25, 0.3) is 0 Å². The van der Waals surface area contributed by atoms with Gasteiger partial charge in [-0.2, -0.15) is 0 Å². The Bertz CT molecular complexity index is 231. The number of carbonyl (C=O) groups is 1. The van der Waals surface area contributed by atoms with Crippen molar-refractivity contribution in [2.45, 2.75) is 29.9 Å². The van der Waals surface area contributed by atoms with E-state index in [1.807, 2.05) is 23.5 Å². The zero-order valence-electron chi connectivity index (χ0n) is 8.65. The Balaban J connectivity index is 1.76. The number of amides is 1. The molecule has 2 N–H and O–H groups in total. The third-order valence-corrected chi connectivity index (χ3v) is 5.93. The summed E-state index contributed by atoms with van der Waals surface area (Å²) in [6, 6.07) is 0.313. The molecular formula is C10H17NO2S2. The Labute approximate surface area is 98.8 Å². The maximum atomic E-state index is 11.2. The van der Waals surface area contributed by atoms with Crippen molar-refractivity contribution >= 4 is 29.4 Å². The van der Waals surface area contributed by atoms with E-state index in [0.29, 0.717) is 17.0 Å². The standard InChI is InChI=1S/C10H17NO2S2/c12-3-2-7-8(11-10(7)13)6-9-14-4-1-5-15-9/h7-9,12H,1-6H2,(H,11,13)/t7-,8-/m1/s1. The van der Waals surface area contributed by atoms with Crippen LogP contribution in [0.15, 0.2) is 0 Å². The van der Waals surface area contributed by atoms with E-state index < -0.39 is 0 Å². The van der Waals surface area contributed by atoms with Crippen LogP contribution in [-0.2, 0) is 4.79 Å². The predicted octanol–water partition coefficient (Wildman–Crippen LogP) is 1.07. The first kappa shape index (κ1) is 11.6. The molecule has 86 valence electrons. The van der Waals surface area contributed by atoms with E-state index in [2.05, 4.69) is 5.32 Å². The van der Waals surface area contributed by atoms with Crippen LogP contribution in [0.5, 0.6) is 0 Å². The Kier molecular flexibility index (Phi) is 4.22. The Morgan fingerprint density at radius 1 is 1.40 bits per heavy atom. The summed E-state index contributed by atoms with van der Waals surface area (Å²) in [4.78, 5) is 11.2. The maximum Gasteiger partial charge on any atom is 0.225 e. The quantitative estimate of drug-likeness (QED) is 0.730. The van der Waals surface area contributed by atoms with Crippen molar-refractivity contribution in [1.82, 2.24) is 5.32 Å². The van der Waals surface area contributed by atoms with Gasteiger partial charge in [-0.1, -0.05) is 0 Å². The fourth-order valence-corrected chi connectivity index (χ4v) is 5.03. The minimum Gasteiger partial charge on any atom is -0.396 e. The minimum absolute atomic E-state index is 0.0677. The zero-order chi connectivity index (χ0) is 10.7. The maximum absolute atomic E-state index is 11.2. The molecule has 0 bridgehead atoms. The molecule has 0 unspecified atom stereocenters. The Morgan fingerprint density at radius 3 is 2.73 bits per heavy atom. The largest absolute Gasteiger partial charge is 0.396 e. The highest BCUT2D eigenvalue weighted by atomic mass is 32.2. The molecule has 0 aromatic heterocycles. The van der Waals surface area contributed by atoms with Gasteiger partial charge in [0.05, 0.1) is 10.5 Å². The van der Waals surface area contributed by atoms with Gasteiger partial charge in [0.1, 0.15) is 0 Å². The molecule has 2 rings (SSSR count). The number of rotatable bonds is 4. The van der Waals surface area contributed by atoms with E-state index in [4.69, 9.17) is 5.11 Å². The van der Waals surface area contributed by atoms with Crippen molar-refractivity contribution in [2.75, 3.05) is 18.1 Å². The monoisotopic (exact) mass is 247 g/mol. The normalized spacial score (nSPS) is 32.2. The van der Waals surface area contributed by atoms with Crippen LogP contribution in [0, 0.1) is 5.92 Å². The number of carbonyl (C=O) groups excluding carboxylic acids is 1. The first-order valence-corrected chi connectivity index (χ1v) is 7.55. The lowest BCUT2D eigenvalue weighted by Gasteiger charge is -2.39. The lowest BCUT2D eigenvalue weighted by atomic mass is 9.86. The highest BCUT2D eigenvalue weighted by Gasteiger charge is 2.39. The summed E-state index contributed by atoms with van der Waals surface area (Å²) >= 11 is 4.02. The third-order valence-electron chi connectivity index (χ3n) is 2.93. The molecule has 0 aliphatic carbocycles. The van der Waals surface area contributed by atoms with Crippen LogP contribution in [0.4, 0.5) is 0 Å². The van der Waals surface area contributed by atoms with Gasteiger partial charge in [0, 0.05) is 12.6 Å². The lowest BCUT2D eigenvalue weighted by Crippen LogP contribution is -2.59. The van der Waals surface area contributed by atoms with Crippen LogP contribution < -0.4 is 5.32 Å². The molecule has 1 amide bonds. The Hall–Kier alpha value is 0.130. The first-order chi connectivity index (χ1) is 7.31. The second kappa shape index (κ2) is 5.46. The fourth-order valence-electron chi connectivity index (χ4n) is 2.05. The van der Waals surface area contributed by atoms with Gasteiger partial charge >= 0.3 is 0 Å². The average Bonchev–Trinajstić information content (AvgIpc) is 2.27. The molecule has 2 aliphatic heterocycles. The molecule has 2 atom stereocenters. The van der Waals surface area contributed by atoms with E-state index in [0.717, 1.165) is 6.42 Å². The van der Waals surface area contributed by atoms with Crippen molar-refractivity contribution in [2.24, 2.45) is 5.92 Å². The van der Waals surface area contributed by atoms with E-state index in [9.17, 15) is 4.79 Å². The topological polar surface area (TPSA) is 49.3 Å². The van der Waals surface area contributed by atoms with Crippen LogP contribution >= 0.6 is 23.5 Å². The van der Waals surface area contributed by atoms with E-state index in [1.54, 1.807) is 0 Å². The van der Waals surface area contributed by atoms with Gasteiger partial charge in [0.15, 0.2) is 0 Å². The van der Waals surface area contributed by atoms with Crippen LogP contribution in [0.1, 0.15) is 19.3 Å². The van der Waals surface area contributed by atoms with Crippen molar-refractivity contribution in [3.63, 3.8) is 0 Å². The minimum atomic E-state index is 0.0677. The molecule has 2 fully saturated rings. The number of aliphatic hydroxyl groups is 1. The number of β-lactam (4-membered cyclic amide) rings is 1. The van der Waals surface area contributed by atoms with Crippen molar-refractivity contribution in [3.05, 3.63) is 0 Å². The van der Waals surface area contributed by atoms with Gasteiger partial charge in [-0.25, -0.2) is 0 Å². The smallest absolute Gasteiger partial charge is 0.225 e. The molecular weight excluding hydrogens is 230 g/mol. The molecule has 5 heteroatoms. The molecule has 0 saturated carbocycles. The molecule has 2 aliphatic rings. The van der Waals surface area contributed by atoms with E-state index in [1.165, 1.54) is 17.9 Å². The highest BCUT2D eigenvalue weighted by molar-refractivity contribution is 8.17. The number of aliphatic hydroxyl groups excluding tert-OH is 1. The second-order valence-corrected chi connectivity index (χ2v) is 6.91. The second-order valence-electron chi connectivity index (χ2n) is 3.99. The number of hydrogen-bond donors (Lipinski definition) is 2. The summed E-state index contributed by atoms with van der Waals surface area (Å²) in [5.41, 5.74) is 0. The number of thioether (sulfide) groups is 2. The molecule has 0 spiro atoms. The van der Waals surface area contributed by atoms with Gasteiger partial charge in [-0.3, -0.25) is 4.79 Å². The van der Waals surface area contributed by atoms with Gasteiger partial charge < -0.3 is 10.4 Å². The third kappa shape index (κ3) is 2.82. The summed E-state index contributed by atoms with van der Waals surface area (Å²) in [6.07, 6.45) is 2.99. The summed E-state index contributed by atoms with van der Waals surface area (Å²) < 4.78 is 0.644. The highest BCUT2D eigenvalue weighted by Crippen LogP contribution is 2.36. The molecule has 0 radical (unpaired) electrons. The fraction of sp³-hybridized carbons (Fsp3) is 0.900. The molecule has 3 nitrogen and oxygen atoms in total.